The third kappa shape index (κ3) is 4.15. The Morgan fingerprint density at radius 1 is 1.11 bits per heavy atom. The summed E-state index contributed by atoms with van der Waals surface area (Å²) in [6.07, 6.45) is 2.30. The van der Waals surface area contributed by atoms with Gasteiger partial charge in [0.05, 0.1) is 6.61 Å². The lowest BCUT2D eigenvalue weighted by Gasteiger charge is -2.22. The second-order valence-corrected chi connectivity index (χ2v) is 4.82. The van der Waals surface area contributed by atoms with E-state index >= 15 is 0 Å². The van der Waals surface area contributed by atoms with Crippen LogP contribution in [0.2, 0.25) is 0 Å². The minimum absolute atomic E-state index is 0.229. The Bertz CT molecular complexity index is 426. The second-order valence-electron chi connectivity index (χ2n) is 4.82. The maximum atomic E-state index is 11.8. The van der Waals surface area contributed by atoms with Crippen molar-refractivity contribution in [1.82, 2.24) is 0 Å². The predicted octanol–water partition coefficient (Wildman–Crippen LogP) is 3.17. The Morgan fingerprint density at radius 3 is 2.16 bits per heavy atom. The zero-order valence-corrected chi connectivity index (χ0v) is 11.8. The molecule has 0 radical (unpaired) electrons. The van der Waals surface area contributed by atoms with Gasteiger partial charge in [-0.1, -0.05) is 20.3 Å². The van der Waals surface area contributed by atoms with Gasteiger partial charge in [0.2, 0.25) is 0 Å². The summed E-state index contributed by atoms with van der Waals surface area (Å²) >= 11 is 0. The zero-order valence-electron chi connectivity index (χ0n) is 11.8. The van der Waals surface area contributed by atoms with Crippen molar-refractivity contribution in [3.05, 3.63) is 11.5 Å². The number of hydrogen-bond donors (Lipinski definition) is 0. The van der Waals surface area contributed by atoms with Gasteiger partial charge >= 0.3 is 23.5 Å². The lowest BCUT2D eigenvalue weighted by Crippen LogP contribution is -2.28. The molecule has 0 saturated heterocycles. The Morgan fingerprint density at radius 2 is 1.68 bits per heavy atom. The average molecular weight is 272 g/mol. The van der Waals surface area contributed by atoms with Gasteiger partial charge in [-0.2, -0.15) is 0 Å². The van der Waals surface area contributed by atoms with Crippen LogP contribution in [0.3, 0.4) is 0 Å². The number of esters is 2. The molecule has 6 nitrogen and oxygen atoms in total. The molecule has 0 fully saturated rings. The molecule has 0 amide bonds. The van der Waals surface area contributed by atoms with E-state index < -0.39 is 17.5 Å². The van der Waals surface area contributed by atoms with Crippen LogP contribution in [0.4, 0.5) is 0 Å². The summed E-state index contributed by atoms with van der Waals surface area (Å²) in [7, 11) is 0. The Balaban J connectivity index is 2.59. The predicted molar refractivity (Wildman–Crippen MR) is 66.0 cm³/mol. The van der Waals surface area contributed by atoms with Crippen LogP contribution in [0.1, 0.15) is 68.1 Å². The summed E-state index contributed by atoms with van der Waals surface area (Å²) in [6, 6.07) is 0. The fraction of sp³-hybridized carbons (Fsp3) is 0.692. The van der Waals surface area contributed by atoms with Crippen LogP contribution < -0.4 is 0 Å². The van der Waals surface area contributed by atoms with Crippen molar-refractivity contribution in [1.29, 1.82) is 0 Å². The molecule has 108 valence electrons. The molecule has 1 aromatic rings. The molecule has 0 aliphatic rings. The SMILES string of the molecule is CCCCOC(=O)c1ooc1C(=O)OC(C)(C)CC. The van der Waals surface area contributed by atoms with E-state index in [0.29, 0.717) is 6.42 Å². The van der Waals surface area contributed by atoms with E-state index in [1.807, 2.05) is 13.8 Å². The topological polar surface area (TPSA) is 78.9 Å². The average Bonchev–Trinajstić information content (AvgIpc) is 2.27. The highest BCUT2D eigenvalue weighted by atomic mass is 17.0. The molecule has 0 aliphatic carbocycles. The molecule has 0 aromatic carbocycles. The van der Waals surface area contributed by atoms with Gasteiger partial charge < -0.3 is 9.47 Å². The van der Waals surface area contributed by atoms with Crippen LogP contribution in [-0.2, 0) is 9.47 Å². The monoisotopic (exact) mass is 272 g/mol. The third-order valence-electron chi connectivity index (χ3n) is 2.74. The smallest absolute Gasteiger partial charge is 0.384 e. The summed E-state index contributed by atoms with van der Waals surface area (Å²) in [5.74, 6) is -1.89. The summed E-state index contributed by atoms with van der Waals surface area (Å²) < 4.78 is 19.1. The second kappa shape index (κ2) is 6.45. The van der Waals surface area contributed by atoms with Crippen molar-refractivity contribution in [2.24, 2.45) is 0 Å². The summed E-state index contributed by atoms with van der Waals surface area (Å²) in [6.45, 7) is 7.69. The molecule has 6 heteroatoms. The van der Waals surface area contributed by atoms with E-state index in [-0.39, 0.29) is 18.1 Å². The number of unbranched alkanes of at least 4 members (excludes halogenated alkanes) is 1. The molecule has 19 heavy (non-hydrogen) atoms. The molecular formula is C13H20O6. The van der Waals surface area contributed by atoms with E-state index in [0.717, 1.165) is 12.8 Å². The summed E-state index contributed by atoms with van der Waals surface area (Å²) in [5, 5.41) is 0. The molecular weight excluding hydrogens is 252 g/mol. The standard InChI is InChI=1S/C13H20O6/c1-5-7-8-16-11(14)9-10(19-18-9)12(15)17-13(3,4)6-2/h5-8H2,1-4H3. The van der Waals surface area contributed by atoms with Crippen molar-refractivity contribution in [3.63, 3.8) is 0 Å². The highest BCUT2D eigenvalue weighted by molar-refractivity contribution is 5.99. The van der Waals surface area contributed by atoms with Gasteiger partial charge in [-0.15, -0.1) is 0 Å². The molecule has 0 saturated carbocycles. The zero-order chi connectivity index (χ0) is 14.5. The van der Waals surface area contributed by atoms with Crippen LogP contribution in [0, 0.1) is 0 Å². The van der Waals surface area contributed by atoms with Crippen LogP contribution in [-0.4, -0.2) is 24.1 Å². The van der Waals surface area contributed by atoms with Gasteiger partial charge in [0.1, 0.15) is 5.60 Å². The van der Waals surface area contributed by atoms with Crippen molar-refractivity contribution in [2.45, 2.75) is 52.6 Å². The summed E-state index contributed by atoms with van der Waals surface area (Å²) in [4.78, 5) is 23.3. The van der Waals surface area contributed by atoms with Crippen LogP contribution in [0.5, 0.6) is 0 Å². The largest absolute Gasteiger partial charge is 0.460 e. The van der Waals surface area contributed by atoms with Crippen molar-refractivity contribution in [2.75, 3.05) is 6.61 Å². The van der Waals surface area contributed by atoms with Crippen molar-refractivity contribution in [3.8, 4) is 0 Å². The van der Waals surface area contributed by atoms with Crippen LogP contribution >= 0.6 is 0 Å². The maximum absolute atomic E-state index is 11.8. The van der Waals surface area contributed by atoms with Gasteiger partial charge in [-0.05, 0) is 26.7 Å². The highest BCUT2D eigenvalue weighted by Crippen LogP contribution is 2.21. The normalized spacial score (nSPS) is 11.4. The first-order chi connectivity index (χ1) is 8.91. The minimum Gasteiger partial charge on any atom is -0.460 e. The first-order valence-electron chi connectivity index (χ1n) is 6.40. The fourth-order valence-electron chi connectivity index (χ4n) is 1.12. The van der Waals surface area contributed by atoms with Gasteiger partial charge in [0, 0.05) is 0 Å². The third-order valence-corrected chi connectivity index (χ3v) is 2.74. The molecule has 0 spiro atoms. The number of carbonyl (C=O) groups excluding carboxylic acids is 2. The Hall–Kier alpha value is -1.72. The Labute approximate surface area is 112 Å². The van der Waals surface area contributed by atoms with Gasteiger partial charge in [-0.25, -0.2) is 9.59 Å². The van der Waals surface area contributed by atoms with E-state index in [4.69, 9.17) is 9.47 Å². The van der Waals surface area contributed by atoms with Crippen LogP contribution in [0.15, 0.2) is 9.15 Å². The lowest BCUT2D eigenvalue weighted by atomic mass is 10.1. The Kier molecular flexibility index (Phi) is 5.20. The van der Waals surface area contributed by atoms with Gasteiger partial charge in [0.15, 0.2) is 0 Å². The number of ether oxygens (including phenoxy) is 2. The molecule has 1 aromatic heterocycles. The minimum atomic E-state index is -0.722. The lowest BCUT2D eigenvalue weighted by molar-refractivity contribution is -0.0566. The van der Waals surface area contributed by atoms with Crippen molar-refractivity contribution >= 4 is 11.9 Å². The quantitative estimate of drug-likeness (QED) is 0.431. The molecule has 1 heterocycles. The number of hydrogen-bond acceptors (Lipinski definition) is 6. The van der Waals surface area contributed by atoms with E-state index in [9.17, 15) is 9.59 Å². The van der Waals surface area contributed by atoms with E-state index in [2.05, 4.69) is 9.15 Å². The van der Waals surface area contributed by atoms with Gasteiger partial charge in [0.25, 0.3) is 0 Å². The van der Waals surface area contributed by atoms with Crippen LogP contribution in [0.25, 0.3) is 0 Å². The fourth-order valence-corrected chi connectivity index (χ4v) is 1.12. The van der Waals surface area contributed by atoms with Gasteiger partial charge in [-0.3, -0.25) is 9.15 Å². The number of carbonyl (C=O) groups is 2. The van der Waals surface area contributed by atoms with Crippen molar-refractivity contribution < 1.29 is 28.2 Å². The first kappa shape index (κ1) is 15.3. The van der Waals surface area contributed by atoms with E-state index in [1.165, 1.54) is 0 Å². The summed E-state index contributed by atoms with van der Waals surface area (Å²) in [5.41, 5.74) is -0.625. The highest BCUT2D eigenvalue weighted by Gasteiger charge is 2.34. The maximum Gasteiger partial charge on any atom is 0.384 e. The molecule has 0 unspecified atom stereocenters. The molecule has 0 aliphatic heterocycles. The molecule has 0 atom stereocenters. The number of rotatable bonds is 7. The molecule has 0 N–H and O–H groups in total. The first-order valence-corrected chi connectivity index (χ1v) is 6.40. The van der Waals surface area contributed by atoms with E-state index in [1.54, 1.807) is 13.8 Å². The molecule has 0 bridgehead atoms. The molecule has 1 rings (SSSR count).